The van der Waals surface area contributed by atoms with E-state index in [1.54, 1.807) is 24.3 Å². The van der Waals surface area contributed by atoms with Gasteiger partial charge in [-0.25, -0.2) is 0 Å². The van der Waals surface area contributed by atoms with E-state index in [2.05, 4.69) is 9.39 Å². The van der Waals surface area contributed by atoms with Crippen molar-refractivity contribution in [2.75, 3.05) is 6.61 Å². The van der Waals surface area contributed by atoms with Crippen LogP contribution in [0.5, 0.6) is 0 Å². The van der Waals surface area contributed by atoms with Crippen LogP contribution in [0.3, 0.4) is 0 Å². The van der Waals surface area contributed by atoms with Crippen molar-refractivity contribution in [3.8, 4) is 0 Å². The van der Waals surface area contributed by atoms with Gasteiger partial charge in [0.05, 0.1) is 11.5 Å². The number of hydrogen-bond donors (Lipinski definition) is 0. The van der Waals surface area contributed by atoms with Crippen molar-refractivity contribution in [3.63, 3.8) is 0 Å². The summed E-state index contributed by atoms with van der Waals surface area (Å²) in [5, 5.41) is 0.442. The number of aryl methyl sites for hydroxylation is 1. The van der Waals surface area contributed by atoms with Crippen LogP contribution in [0, 0.1) is 6.92 Å². The van der Waals surface area contributed by atoms with Gasteiger partial charge in [-0.05, 0) is 50.2 Å². The summed E-state index contributed by atoms with van der Waals surface area (Å²) in [5.74, 6) is 0.334. The molecule has 0 radical (unpaired) electrons. The topological polar surface area (TPSA) is 68.1 Å². The Kier molecular flexibility index (Phi) is 7.03. The number of amidine groups is 1. The molecular weight excluding hydrogens is 420 g/mol. The molecule has 0 aliphatic carbocycles. The summed E-state index contributed by atoms with van der Waals surface area (Å²) in [6.45, 7) is 4.20. The second kappa shape index (κ2) is 9.69. The first kappa shape index (κ1) is 21.7. The third-order valence-corrected chi connectivity index (χ3v) is 5.67. The molecule has 0 aliphatic heterocycles. The Balaban J connectivity index is 2.14. The number of aliphatic imine (C=N–C) groups is 1. The van der Waals surface area contributed by atoms with Crippen LogP contribution in [0.25, 0.3) is 0 Å². The molecule has 0 atom stereocenters. The number of rotatable bonds is 5. The van der Waals surface area contributed by atoms with E-state index in [4.69, 9.17) is 16.3 Å². The number of nitrogens with zero attached hydrogens (tertiary/aromatic N) is 2. The lowest BCUT2D eigenvalue weighted by atomic mass is 10.1. The average molecular weight is 441 g/mol. The third kappa shape index (κ3) is 5.55. The van der Waals surface area contributed by atoms with E-state index in [0.717, 1.165) is 11.1 Å². The first-order valence-electron chi connectivity index (χ1n) is 9.33. The summed E-state index contributed by atoms with van der Waals surface area (Å²) in [5.41, 5.74) is 2.38. The Labute approximate surface area is 181 Å². The molecule has 0 saturated carbocycles. The van der Waals surface area contributed by atoms with Crippen molar-refractivity contribution in [2.24, 2.45) is 9.39 Å². The summed E-state index contributed by atoms with van der Waals surface area (Å²) in [7, 11) is -4.01. The summed E-state index contributed by atoms with van der Waals surface area (Å²) in [6, 6.07) is 22.4. The molecule has 0 heterocycles. The highest BCUT2D eigenvalue weighted by atomic mass is 35.5. The molecule has 0 aliphatic rings. The predicted octanol–water partition coefficient (Wildman–Crippen LogP) is 5.27. The van der Waals surface area contributed by atoms with Crippen molar-refractivity contribution in [2.45, 2.75) is 18.7 Å². The lowest BCUT2D eigenvalue weighted by molar-refractivity contribution is 0.329. The van der Waals surface area contributed by atoms with Crippen molar-refractivity contribution < 1.29 is 13.2 Å². The Morgan fingerprint density at radius 3 is 2.13 bits per heavy atom. The van der Waals surface area contributed by atoms with E-state index in [1.807, 2.05) is 44.2 Å². The zero-order valence-corrected chi connectivity index (χ0v) is 18.2. The summed E-state index contributed by atoms with van der Waals surface area (Å²) < 4.78 is 35.5. The molecule has 0 spiro atoms. The fourth-order valence-electron chi connectivity index (χ4n) is 2.61. The monoisotopic (exact) mass is 440 g/mol. The van der Waals surface area contributed by atoms with E-state index >= 15 is 0 Å². The molecule has 3 rings (SSSR count). The highest BCUT2D eigenvalue weighted by Crippen LogP contribution is 2.18. The zero-order chi connectivity index (χ0) is 21.6. The molecule has 0 bridgehead atoms. The Bertz CT molecular complexity index is 1160. The van der Waals surface area contributed by atoms with Crippen LogP contribution in [0.4, 0.5) is 0 Å². The van der Waals surface area contributed by atoms with Gasteiger partial charge in [0, 0.05) is 16.1 Å². The molecule has 154 valence electrons. The number of sulfonamides is 1. The first-order valence-corrected chi connectivity index (χ1v) is 11.2. The van der Waals surface area contributed by atoms with E-state index in [9.17, 15) is 8.42 Å². The van der Waals surface area contributed by atoms with Gasteiger partial charge in [-0.3, -0.25) is 0 Å². The molecule has 0 unspecified atom stereocenters. The van der Waals surface area contributed by atoms with Gasteiger partial charge in [-0.15, -0.1) is 4.40 Å². The van der Waals surface area contributed by atoms with Crippen LogP contribution in [0.2, 0.25) is 5.02 Å². The SMILES string of the molecule is CCOC(=N/C(=N/S(=O)(=O)c1ccc(Cl)cc1)c1ccccc1)c1ccc(C)cc1. The van der Waals surface area contributed by atoms with Gasteiger partial charge in [-0.1, -0.05) is 59.6 Å². The number of halogens is 1. The maximum atomic E-state index is 12.9. The Morgan fingerprint density at radius 2 is 1.53 bits per heavy atom. The minimum absolute atomic E-state index is 0.0313. The fourth-order valence-corrected chi connectivity index (χ4v) is 3.69. The number of ether oxygens (including phenoxy) is 1. The summed E-state index contributed by atoms with van der Waals surface area (Å²) in [4.78, 5) is 4.53. The molecule has 7 heteroatoms. The van der Waals surface area contributed by atoms with Crippen molar-refractivity contribution in [3.05, 3.63) is 101 Å². The molecule has 0 saturated heterocycles. The first-order chi connectivity index (χ1) is 14.4. The normalized spacial score (nSPS) is 12.6. The molecular formula is C23H21ClN2O3S. The average Bonchev–Trinajstić information content (AvgIpc) is 2.74. The highest BCUT2D eigenvalue weighted by molar-refractivity contribution is 7.90. The van der Waals surface area contributed by atoms with E-state index in [1.165, 1.54) is 24.3 Å². The van der Waals surface area contributed by atoms with E-state index in [0.29, 0.717) is 23.1 Å². The van der Waals surface area contributed by atoms with Crippen LogP contribution in [0.15, 0.2) is 93.1 Å². The van der Waals surface area contributed by atoms with Gasteiger partial charge in [0.15, 0.2) is 5.84 Å². The summed E-state index contributed by atoms with van der Waals surface area (Å²) >= 11 is 5.88. The van der Waals surface area contributed by atoms with Crippen LogP contribution in [-0.4, -0.2) is 26.8 Å². The Hall–Kier alpha value is -2.96. The van der Waals surface area contributed by atoms with Gasteiger partial charge >= 0.3 is 0 Å². The minimum Gasteiger partial charge on any atom is -0.477 e. The molecule has 0 aromatic heterocycles. The quantitative estimate of drug-likeness (QED) is 0.401. The van der Waals surface area contributed by atoms with Crippen LogP contribution in [-0.2, 0) is 14.8 Å². The number of hydrogen-bond acceptors (Lipinski definition) is 3. The van der Waals surface area contributed by atoms with Crippen molar-refractivity contribution in [1.82, 2.24) is 0 Å². The second-order valence-electron chi connectivity index (χ2n) is 6.43. The fraction of sp³-hybridized carbons (Fsp3) is 0.130. The molecule has 0 amide bonds. The van der Waals surface area contributed by atoms with Crippen LogP contribution < -0.4 is 0 Å². The molecule has 5 nitrogen and oxygen atoms in total. The van der Waals surface area contributed by atoms with Crippen LogP contribution >= 0.6 is 11.6 Å². The standard InChI is InChI=1S/C23H21ClN2O3S/c1-3-29-23(19-11-9-17(2)10-12-19)25-22(18-7-5-4-6-8-18)26-30(27,28)21-15-13-20(24)14-16-21/h4-16H,3H2,1-2H3/b25-23?,26-22+. The van der Waals surface area contributed by atoms with Gasteiger partial charge in [0.2, 0.25) is 5.90 Å². The largest absolute Gasteiger partial charge is 0.477 e. The molecule has 3 aromatic rings. The van der Waals surface area contributed by atoms with Gasteiger partial charge < -0.3 is 4.74 Å². The lowest BCUT2D eigenvalue weighted by Gasteiger charge is -2.10. The van der Waals surface area contributed by atoms with E-state index < -0.39 is 10.0 Å². The molecule has 0 fully saturated rings. The molecule has 3 aromatic carbocycles. The smallest absolute Gasteiger partial charge is 0.284 e. The number of benzene rings is 3. The summed E-state index contributed by atoms with van der Waals surface area (Å²) in [6.07, 6.45) is 0. The predicted molar refractivity (Wildman–Crippen MR) is 121 cm³/mol. The highest BCUT2D eigenvalue weighted by Gasteiger charge is 2.17. The maximum Gasteiger partial charge on any atom is 0.284 e. The van der Waals surface area contributed by atoms with E-state index in [-0.39, 0.29) is 10.7 Å². The van der Waals surface area contributed by atoms with Crippen LogP contribution in [0.1, 0.15) is 23.6 Å². The molecule has 0 N–H and O–H groups in total. The van der Waals surface area contributed by atoms with Crippen molar-refractivity contribution >= 4 is 33.4 Å². The van der Waals surface area contributed by atoms with Gasteiger partial charge in [0.25, 0.3) is 10.0 Å². The second-order valence-corrected chi connectivity index (χ2v) is 8.47. The lowest BCUT2D eigenvalue weighted by Crippen LogP contribution is -2.12. The van der Waals surface area contributed by atoms with Gasteiger partial charge in [-0.2, -0.15) is 13.4 Å². The Morgan fingerprint density at radius 1 is 0.900 bits per heavy atom. The van der Waals surface area contributed by atoms with Crippen molar-refractivity contribution in [1.29, 1.82) is 0 Å². The maximum absolute atomic E-state index is 12.9. The minimum atomic E-state index is -4.01. The third-order valence-electron chi connectivity index (χ3n) is 4.14. The van der Waals surface area contributed by atoms with Gasteiger partial charge in [0.1, 0.15) is 0 Å². The zero-order valence-electron chi connectivity index (χ0n) is 16.6. The molecule has 30 heavy (non-hydrogen) atoms.